The lowest BCUT2D eigenvalue weighted by molar-refractivity contribution is 0.479. The molecule has 2 N–H and O–H groups in total. The summed E-state index contributed by atoms with van der Waals surface area (Å²) in [6, 6.07) is 11.0. The number of rotatable bonds is 2. The molecule has 0 spiro atoms. The number of nitrogen functional groups attached to an aromatic ring is 1. The Morgan fingerprint density at radius 1 is 1.12 bits per heavy atom. The van der Waals surface area contributed by atoms with Crippen molar-refractivity contribution in [1.29, 1.82) is 0 Å². The van der Waals surface area contributed by atoms with Crippen LogP contribution in [0.15, 0.2) is 40.9 Å². The van der Waals surface area contributed by atoms with Crippen molar-refractivity contribution in [2.24, 2.45) is 0 Å². The zero-order valence-electron chi connectivity index (χ0n) is 9.21. The summed E-state index contributed by atoms with van der Waals surface area (Å²) in [5.41, 5.74) is 7.38. The van der Waals surface area contributed by atoms with Crippen LogP contribution in [0.5, 0.6) is 11.5 Å². The number of nitrogens with two attached hydrogens (primary N) is 1. The first-order chi connectivity index (χ1) is 8.06. The predicted molar refractivity (Wildman–Crippen MR) is 74.8 cm³/mol. The van der Waals surface area contributed by atoms with E-state index in [2.05, 4.69) is 15.9 Å². The molecule has 0 amide bonds. The second kappa shape index (κ2) is 4.98. The van der Waals surface area contributed by atoms with Gasteiger partial charge in [0.25, 0.3) is 0 Å². The number of halogens is 2. The smallest absolute Gasteiger partial charge is 0.147 e. The Hall–Kier alpha value is -1.19. The zero-order valence-corrected chi connectivity index (χ0v) is 11.5. The van der Waals surface area contributed by atoms with Gasteiger partial charge in [-0.1, -0.05) is 27.5 Å². The van der Waals surface area contributed by atoms with Crippen molar-refractivity contribution in [3.63, 3.8) is 0 Å². The van der Waals surface area contributed by atoms with E-state index in [0.29, 0.717) is 10.8 Å². The topological polar surface area (TPSA) is 35.2 Å². The van der Waals surface area contributed by atoms with Crippen molar-refractivity contribution in [3.8, 4) is 11.5 Å². The third-order valence-corrected chi connectivity index (χ3v) is 3.12. The van der Waals surface area contributed by atoms with Crippen LogP contribution in [0, 0.1) is 6.92 Å². The average Bonchev–Trinajstić information content (AvgIpc) is 2.27. The number of anilines is 1. The van der Waals surface area contributed by atoms with Gasteiger partial charge in [-0.3, -0.25) is 0 Å². The van der Waals surface area contributed by atoms with Crippen molar-refractivity contribution in [2.45, 2.75) is 6.92 Å². The zero-order chi connectivity index (χ0) is 12.4. The summed E-state index contributed by atoms with van der Waals surface area (Å²) in [5.74, 6) is 1.37. The molecule has 2 nitrogen and oxygen atoms in total. The molecule has 0 aromatic heterocycles. The highest BCUT2D eigenvalue weighted by atomic mass is 79.9. The molecule has 0 unspecified atom stereocenters. The maximum absolute atomic E-state index is 6.06. The number of aryl methyl sites for hydroxylation is 1. The molecule has 2 rings (SSSR count). The molecule has 0 saturated heterocycles. The minimum Gasteiger partial charge on any atom is -0.455 e. The van der Waals surface area contributed by atoms with Gasteiger partial charge in [0, 0.05) is 10.2 Å². The number of hydrogen-bond donors (Lipinski definition) is 1. The Bertz CT molecular complexity index is 557. The molecule has 4 heteroatoms. The van der Waals surface area contributed by atoms with Gasteiger partial charge < -0.3 is 10.5 Å². The highest BCUT2D eigenvalue weighted by molar-refractivity contribution is 9.10. The van der Waals surface area contributed by atoms with Gasteiger partial charge in [-0.15, -0.1) is 0 Å². The van der Waals surface area contributed by atoms with Gasteiger partial charge in [0.05, 0.1) is 5.02 Å². The van der Waals surface area contributed by atoms with Crippen LogP contribution in [0.2, 0.25) is 5.02 Å². The van der Waals surface area contributed by atoms with Crippen molar-refractivity contribution in [2.75, 3.05) is 5.73 Å². The van der Waals surface area contributed by atoms with E-state index in [4.69, 9.17) is 22.1 Å². The quantitative estimate of drug-likeness (QED) is 0.810. The van der Waals surface area contributed by atoms with Crippen LogP contribution in [0.4, 0.5) is 5.69 Å². The van der Waals surface area contributed by atoms with Crippen LogP contribution < -0.4 is 10.5 Å². The van der Waals surface area contributed by atoms with Gasteiger partial charge in [0.15, 0.2) is 0 Å². The highest BCUT2D eigenvalue weighted by Crippen LogP contribution is 2.33. The fourth-order valence-corrected chi connectivity index (χ4v) is 1.96. The lowest BCUT2D eigenvalue weighted by Gasteiger charge is -2.10. The van der Waals surface area contributed by atoms with Gasteiger partial charge in [-0.2, -0.15) is 0 Å². The summed E-state index contributed by atoms with van der Waals surface area (Å²) in [6.07, 6.45) is 0. The first-order valence-corrected chi connectivity index (χ1v) is 6.22. The van der Waals surface area contributed by atoms with E-state index in [1.54, 1.807) is 12.1 Å². The number of benzene rings is 2. The molecule has 2 aromatic carbocycles. The van der Waals surface area contributed by atoms with Gasteiger partial charge in [-0.25, -0.2) is 0 Å². The van der Waals surface area contributed by atoms with E-state index >= 15 is 0 Å². The Kier molecular flexibility index (Phi) is 3.60. The normalized spacial score (nSPS) is 10.3. The Balaban J connectivity index is 2.34. The molecule has 88 valence electrons. The number of hydrogen-bond acceptors (Lipinski definition) is 2. The molecule has 0 aliphatic rings. The van der Waals surface area contributed by atoms with Crippen molar-refractivity contribution >= 4 is 33.2 Å². The molecule has 0 aliphatic heterocycles. The first-order valence-electron chi connectivity index (χ1n) is 5.05. The van der Waals surface area contributed by atoms with Gasteiger partial charge in [0.2, 0.25) is 0 Å². The van der Waals surface area contributed by atoms with Crippen LogP contribution >= 0.6 is 27.5 Å². The monoisotopic (exact) mass is 311 g/mol. The second-order valence-electron chi connectivity index (χ2n) is 3.70. The molecule has 0 saturated carbocycles. The van der Waals surface area contributed by atoms with E-state index in [0.717, 1.165) is 21.5 Å². The highest BCUT2D eigenvalue weighted by Gasteiger charge is 2.06. The Labute approximate surface area is 113 Å². The summed E-state index contributed by atoms with van der Waals surface area (Å²) in [4.78, 5) is 0. The SMILES string of the molecule is Cc1cc(N)ccc1Oc1cc(Br)ccc1Cl. The Morgan fingerprint density at radius 3 is 2.59 bits per heavy atom. The van der Waals surface area contributed by atoms with Crippen molar-refractivity contribution in [3.05, 3.63) is 51.5 Å². The van der Waals surface area contributed by atoms with Crippen LogP contribution in [0.25, 0.3) is 0 Å². The maximum atomic E-state index is 6.06. The molecule has 0 radical (unpaired) electrons. The molecule has 2 aromatic rings. The fourth-order valence-electron chi connectivity index (χ4n) is 1.46. The maximum Gasteiger partial charge on any atom is 0.147 e. The van der Waals surface area contributed by atoms with Crippen LogP contribution in [0.3, 0.4) is 0 Å². The van der Waals surface area contributed by atoms with Crippen LogP contribution in [-0.4, -0.2) is 0 Å². The largest absolute Gasteiger partial charge is 0.455 e. The molecular weight excluding hydrogens is 302 g/mol. The van der Waals surface area contributed by atoms with E-state index in [9.17, 15) is 0 Å². The fraction of sp³-hybridized carbons (Fsp3) is 0.0769. The average molecular weight is 313 g/mol. The first kappa shape index (κ1) is 12.3. The van der Waals surface area contributed by atoms with E-state index in [1.165, 1.54) is 0 Å². The standard InChI is InChI=1S/C13H11BrClNO/c1-8-6-10(16)3-5-12(8)17-13-7-9(14)2-4-11(13)15/h2-7H,16H2,1H3. The van der Waals surface area contributed by atoms with Gasteiger partial charge >= 0.3 is 0 Å². The minimum absolute atomic E-state index is 0.574. The predicted octanol–water partition coefficient (Wildman–Crippen LogP) is 4.79. The van der Waals surface area contributed by atoms with Crippen LogP contribution in [-0.2, 0) is 0 Å². The summed E-state index contributed by atoms with van der Waals surface area (Å²) < 4.78 is 6.68. The summed E-state index contributed by atoms with van der Waals surface area (Å²) in [6.45, 7) is 1.94. The molecule has 0 bridgehead atoms. The molecule has 17 heavy (non-hydrogen) atoms. The lowest BCUT2D eigenvalue weighted by Crippen LogP contribution is -1.91. The number of ether oxygens (including phenoxy) is 1. The third kappa shape index (κ3) is 2.93. The lowest BCUT2D eigenvalue weighted by atomic mass is 10.2. The van der Waals surface area contributed by atoms with E-state index in [-0.39, 0.29) is 0 Å². The summed E-state index contributed by atoms with van der Waals surface area (Å²) in [7, 11) is 0. The molecule has 0 aliphatic carbocycles. The van der Waals surface area contributed by atoms with Crippen molar-refractivity contribution in [1.82, 2.24) is 0 Å². The minimum atomic E-state index is 0.574. The third-order valence-electron chi connectivity index (χ3n) is 2.31. The molecule has 0 atom stereocenters. The van der Waals surface area contributed by atoms with E-state index in [1.807, 2.05) is 31.2 Å². The van der Waals surface area contributed by atoms with Crippen molar-refractivity contribution < 1.29 is 4.74 Å². The summed E-state index contributed by atoms with van der Waals surface area (Å²) >= 11 is 9.44. The summed E-state index contributed by atoms with van der Waals surface area (Å²) in [5, 5.41) is 0.574. The van der Waals surface area contributed by atoms with Crippen LogP contribution in [0.1, 0.15) is 5.56 Å². The van der Waals surface area contributed by atoms with Gasteiger partial charge in [-0.05, 0) is 48.9 Å². The second-order valence-corrected chi connectivity index (χ2v) is 5.02. The van der Waals surface area contributed by atoms with Gasteiger partial charge in [0.1, 0.15) is 11.5 Å². The molecule has 0 fully saturated rings. The molecule has 0 heterocycles. The van der Waals surface area contributed by atoms with E-state index < -0.39 is 0 Å². The molecular formula is C13H11BrClNO. The Morgan fingerprint density at radius 2 is 1.88 bits per heavy atom.